The van der Waals surface area contributed by atoms with Crippen molar-refractivity contribution in [2.45, 2.75) is 79.4 Å². The molecule has 0 radical (unpaired) electrons. The lowest BCUT2D eigenvalue weighted by Gasteiger charge is -2.29. The molecule has 1 heterocycles. The number of benzene rings is 1. The molecule has 4 nitrogen and oxygen atoms in total. The van der Waals surface area contributed by atoms with Gasteiger partial charge in [-0.1, -0.05) is 58.0 Å². The van der Waals surface area contributed by atoms with Crippen LogP contribution in [-0.4, -0.2) is 34.2 Å². The monoisotopic (exact) mass is 454 g/mol. The van der Waals surface area contributed by atoms with Crippen molar-refractivity contribution in [3.8, 4) is 0 Å². The molecule has 32 heavy (non-hydrogen) atoms. The number of amides is 2. The summed E-state index contributed by atoms with van der Waals surface area (Å²) in [6.45, 7) is 12.2. The van der Waals surface area contributed by atoms with Crippen molar-refractivity contribution < 1.29 is 9.59 Å². The van der Waals surface area contributed by atoms with Crippen LogP contribution in [-0.2, 0) is 22.7 Å². The standard InChI is InChI=1S/C27H38N2O2S/c1-20(16-27(3,4)5)15-25(30)29(23-12-13-23)19-26(31)28(17-22-9-7-6-8-10-22)18-24-14-11-21(2)32-24/h6-11,14,20,23H,12-13,15-19H2,1-5H3. The minimum atomic E-state index is 0.0311. The van der Waals surface area contributed by atoms with Gasteiger partial charge in [0.2, 0.25) is 11.8 Å². The summed E-state index contributed by atoms with van der Waals surface area (Å²) in [5.41, 5.74) is 1.31. The molecule has 1 atom stereocenters. The first kappa shape index (κ1) is 24.5. The molecule has 1 unspecified atom stereocenters. The van der Waals surface area contributed by atoms with Gasteiger partial charge < -0.3 is 9.80 Å². The predicted molar refractivity (Wildman–Crippen MR) is 132 cm³/mol. The van der Waals surface area contributed by atoms with Gasteiger partial charge >= 0.3 is 0 Å². The predicted octanol–water partition coefficient (Wildman–Crippen LogP) is 6.04. The number of carbonyl (C=O) groups is 2. The van der Waals surface area contributed by atoms with E-state index in [2.05, 4.69) is 58.9 Å². The molecular formula is C27H38N2O2S. The summed E-state index contributed by atoms with van der Waals surface area (Å²) in [7, 11) is 0. The van der Waals surface area contributed by atoms with Gasteiger partial charge in [-0.25, -0.2) is 0 Å². The van der Waals surface area contributed by atoms with E-state index in [9.17, 15) is 9.59 Å². The molecule has 1 aromatic heterocycles. The fourth-order valence-electron chi connectivity index (χ4n) is 4.38. The Bertz CT molecular complexity index is 896. The second kappa shape index (κ2) is 10.7. The molecule has 5 heteroatoms. The average molecular weight is 455 g/mol. The summed E-state index contributed by atoms with van der Waals surface area (Å²) in [6, 6.07) is 14.5. The quantitative estimate of drug-likeness (QED) is 0.439. The van der Waals surface area contributed by atoms with Crippen LogP contribution in [0.2, 0.25) is 0 Å². The molecule has 1 aliphatic carbocycles. The third kappa shape index (κ3) is 7.77. The Morgan fingerprint density at radius 3 is 2.28 bits per heavy atom. The lowest BCUT2D eigenvalue weighted by atomic mass is 9.84. The van der Waals surface area contributed by atoms with E-state index in [1.165, 1.54) is 9.75 Å². The molecule has 1 aliphatic rings. The van der Waals surface area contributed by atoms with Gasteiger partial charge in [0.1, 0.15) is 6.54 Å². The number of hydrogen-bond acceptors (Lipinski definition) is 3. The number of aryl methyl sites for hydroxylation is 1. The number of thiophene rings is 1. The van der Waals surface area contributed by atoms with Crippen molar-refractivity contribution in [1.29, 1.82) is 0 Å². The van der Waals surface area contributed by atoms with E-state index < -0.39 is 0 Å². The van der Waals surface area contributed by atoms with E-state index >= 15 is 0 Å². The first-order chi connectivity index (χ1) is 15.1. The van der Waals surface area contributed by atoms with Crippen LogP contribution >= 0.6 is 11.3 Å². The molecule has 3 rings (SSSR count). The molecule has 0 N–H and O–H groups in total. The molecule has 1 fully saturated rings. The van der Waals surface area contributed by atoms with Gasteiger partial charge in [0, 0.05) is 28.8 Å². The van der Waals surface area contributed by atoms with Gasteiger partial charge in [-0.05, 0) is 55.2 Å². The third-order valence-electron chi connectivity index (χ3n) is 5.81. The van der Waals surface area contributed by atoms with Gasteiger partial charge in [0.25, 0.3) is 0 Å². The average Bonchev–Trinajstić information content (AvgIpc) is 3.46. The maximum atomic E-state index is 13.5. The Hall–Kier alpha value is -2.14. The number of carbonyl (C=O) groups excluding carboxylic acids is 2. The summed E-state index contributed by atoms with van der Waals surface area (Å²) in [5.74, 6) is 0.473. The van der Waals surface area contributed by atoms with Gasteiger partial charge in [-0.3, -0.25) is 9.59 Å². The second-order valence-electron chi connectivity index (χ2n) is 10.6. The Kier molecular flexibility index (Phi) is 8.16. The third-order valence-corrected chi connectivity index (χ3v) is 6.79. The van der Waals surface area contributed by atoms with E-state index in [-0.39, 0.29) is 29.8 Å². The van der Waals surface area contributed by atoms with E-state index in [0.717, 1.165) is 24.8 Å². The number of hydrogen-bond donors (Lipinski definition) is 0. The Balaban J connectivity index is 1.69. The van der Waals surface area contributed by atoms with Gasteiger partial charge in [0.15, 0.2) is 0 Å². The highest BCUT2D eigenvalue weighted by atomic mass is 32.1. The van der Waals surface area contributed by atoms with Crippen LogP contribution in [0.1, 0.15) is 68.7 Å². The van der Waals surface area contributed by atoms with Crippen LogP contribution in [0.3, 0.4) is 0 Å². The minimum absolute atomic E-state index is 0.0311. The van der Waals surface area contributed by atoms with Crippen LogP contribution in [0, 0.1) is 18.3 Å². The summed E-state index contributed by atoms with van der Waals surface area (Å²) in [4.78, 5) is 32.8. The molecule has 2 aromatic rings. The van der Waals surface area contributed by atoms with Crippen LogP contribution < -0.4 is 0 Å². The molecule has 1 aromatic carbocycles. The first-order valence-corrected chi connectivity index (χ1v) is 12.6. The van der Waals surface area contributed by atoms with Gasteiger partial charge in [-0.15, -0.1) is 11.3 Å². The fraction of sp³-hybridized carbons (Fsp3) is 0.556. The van der Waals surface area contributed by atoms with Gasteiger partial charge in [-0.2, -0.15) is 0 Å². The van der Waals surface area contributed by atoms with E-state index in [4.69, 9.17) is 0 Å². The van der Waals surface area contributed by atoms with Gasteiger partial charge in [0.05, 0.1) is 6.54 Å². The second-order valence-corrected chi connectivity index (χ2v) is 11.9. The number of rotatable bonds is 10. The van der Waals surface area contributed by atoms with E-state index in [1.54, 1.807) is 11.3 Å². The highest BCUT2D eigenvalue weighted by Gasteiger charge is 2.35. The maximum Gasteiger partial charge on any atom is 0.242 e. The summed E-state index contributed by atoms with van der Waals surface area (Å²) in [5, 5.41) is 0. The molecule has 174 valence electrons. The van der Waals surface area contributed by atoms with Crippen molar-refractivity contribution in [2.24, 2.45) is 11.3 Å². The van der Waals surface area contributed by atoms with Crippen molar-refractivity contribution in [3.63, 3.8) is 0 Å². The summed E-state index contributed by atoms with van der Waals surface area (Å²) >= 11 is 1.73. The van der Waals surface area contributed by atoms with Crippen molar-refractivity contribution in [3.05, 3.63) is 57.8 Å². The summed E-state index contributed by atoms with van der Waals surface area (Å²) in [6.07, 6.45) is 3.54. The fourth-order valence-corrected chi connectivity index (χ4v) is 5.29. The smallest absolute Gasteiger partial charge is 0.242 e. The van der Waals surface area contributed by atoms with Crippen molar-refractivity contribution in [1.82, 2.24) is 9.80 Å². The summed E-state index contributed by atoms with van der Waals surface area (Å²) < 4.78 is 0. The highest BCUT2D eigenvalue weighted by molar-refractivity contribution is 7.11. The molecule has 0 saturated heterocycles. The molecule has 0 spiro atoms. The Labute approximate surface area is 197 Å². The van der Waals surface area contributed by atoms with Crippen LogP contribution in [0.4, 0.5) is 0 Å². The Morgan fingerprint density at radius 1 is 1.03 bits per heavy atom. The largest absolute Gasteiger partial charge is 0.332 e. The van der Waals surface area contributed by atoms with Crippen LogP contribution in [0.5, 0.6) is 0 Å². The molecular weight excluding hydrogens is 416 g/mol. The normalized spacial score (nSPS) is 14.8. The first-order valence-electron chi connectivity index (χ1n) is 11.8. The van der Waals surface area contributed by atoms with Crippen LogP contribution in [0.25, 0.3) is 0 Å². The minimum Gasteiger partial charge on any atom is -0.332 e. The molecule has 1 saturated carbocycles. The van der Waals surface area contributed by atoms with Crippen molar-refractivity contribution in [2.75, 3.05) is 6.54 Å². The molecule has 2 amide bonds. The van der Waals surface area contributed by atoms with Crippen molar-refractivity contribution >= 4 is 23.2 Å². The topological polar surface area (TPSA) is 40.6 Å². The van der Waals surface area contributed by atoms with E-state index in [1.807, 2.05) is 28.0 Å². The SMILES string of the molecule is Cc1ccc(CN(Cc2ccccc2)C(=O)CN(C(=O)CC(C)CC(C)(C)C)C2CC2)s1. The highest BCUT2D eigenvalue weighted by Crippen LogP contribution is 2.31. The van der Waals surface area contributed by atoms with Crippen LogP contribution in [0.15, 0.2) is 42.5 Å². The molecule has 0 bridgehead atoms. The zero-order chi connectivity index (χ0) is 23.3. The molecule has 0 aliphatic heterocycles. The lowest BCUT2D eigenvalue weighted by Crippen LogP contribution is -2.44. The lowest BCUT2D eigenvalue weighted by molar-refractivity contribution is -0.142. The zero-order valence-corrected chi connectivity index (χ0v) is 21.1. The Morgan fingerprint density at radius 2 is 1.72 bits per heavy atom. The maximum absolute atomic E-state index is 13.5. The number of nitrogens with zero attached hydrogens (tertiary/aromatic N) is 2. The zero-order valence-electron chi connectivity index (χ0n) is 20.3. The van der Waals surface area contributed by atoms with E-state index in [0.29, 0.717) is 25.4 Å².